The van der Waals surface area contributed by atoms with Crippen molar-refractivity contribution in [1.82, 2.24) is 20.4 Å². The summed E-state index contributed by atoms with van der Waals surface area (Å²) in [5.74, 6) is -4.92. The van der Waals surface area contributed by atoms with Gasteiger partial charge in [-0.3, -0.25) is 14.5 Å². The number of aromatic nitrogens is 2. The Labute approximate surface area is 242 Å². The minimum atomic E-state index is -5.22. The summed E-state index contributed by atoms with van der Waals surface area (Å²) in [7, 11) is 1.27. The summed E-state index contributed by atoms with van der Waals surface area (Å²) < 4.78 is 47.9. The maximum absolute atomic E-state index is 13.0. The van der Waals surface area contributed by atoms with E-state index in [0.29, 0.717) is 21.4 Å². The highest BCUT2D eigenvalue weighted by atomic mass is 32.2. The van der Waals surface area contributed by atoms with E-state index in [4.69, 9.17) is 10.5 Å². The molecular formula is C23H22F3N5O7S3. The van der Waals surface area contributed by atoms with E-state index in [1.165, 1.54) is 54.1 Å². The van der Waals surface area contributed by atoms with Crippen LogP contribution in [0.1, 0.15) is 22.2 Å². The number of carboxylic acid groups (broad SMARTS) is 1. The first-order chi connectivity index (χ1) is 19.3. The minimum absolute atomic E-state index is 0.0323. The van der Waals surface area contributed by atoms with Crippen LogP contribution in [0.5, 0.6) is 5.75 Å². The molecule has 3 unspecified atom stereocenters. The van der Waals surface area contributed by atoms with Crippen LogP contribution in [-0.2, 0) is 30.5 Å². The van der Waals surface area contributed by atoms with Gasteiger partial charge in [0.05, 0.1) is 6.61 Å². The third-order valence-corrected chi connectivity index (χ3v) is 9.28. The lowest BCUT2D eigenvalue weighted by Gasteiger charge is -2.49. The van der Waals surface area contributed by atoms with Crippen LogP contribution in [0.4, 0.5) is 13.2 Å². The van der Waals surface area contributed by atoms with Crippen LogP contribution in [0.15, 0.2) is 33.8 Å². The van der Waals surface area contributed by atoms with E-state index >= 15 is 0 Å². The summed E-state index contributed by atoms with van der Waals surface area (Å²) in [6.07, 6.45) is -5.22. The first-order valence-electron chi connectivity index (χ1n) is 11.6. The average molecular weight is 634 g/mol. The number of aliphatic carboxylic acids is 1. The molecule has 0 bridgehead atoms. The molecule has 3 heterocycles. The molecule has 3 atom stereocenters. The molecule has 220 valence electrons. The lowest BCUT2D eigenvalue weighted by Crippen LogP contribution is -2.71. The van der Waals surface area contributed by atoms with Gasteiger partial charge in [0.15, 0.2) is 4.34 Å². The number of aryl methyl sites for hydroxylation is 1. The zero-order valence-electron chi connectivity index (χ0n) is 21.3. The summed E-state index contributed by atoms with van der Waals surface area (Å²) in [6.45, 7) is 1.55. The number of thioether (sulfide) groups is 2. The number of β-lactam (4-membered cyclic amide) rings is 1. The average Bonchev–Trinajstić information content (AvgIpc) is 3.34. The molecule has 1 aromatic heterocycles. The van der Waals surface area contributed by atoms with E-state index in [2.05, 4.69) is 20.3 Å². The molecule has 1 aromatic carbocycles. The third-order valence-electron chi connectivity index (χ3n) is 5.89. The fourth-order valence-corrected chi connectivity index (χ4v) is 7.29. The van der Waals surface area contributed by atoms with Gasteiger partial charge in [-0.1, -0.05) is 29.2 Å². The van der Waals surface area contributed by atoms with Gasteiger partial charge < -0.3 is 25.6 Å². The number of hydrogen-bond acceptors (Lipinski definition) is 12. The number of carboxylic acids is 1. The summed E-state index contributed by atoms with van der Waals surface area (Å²) in [6, 6.07) is 1.12. The molecule has 0 saturated carbocycles. The molecule has 2 aliphatic heterocycles. The standard InChI is InChI=1S/C23H22F3N5O7S3/c1-9-29-30-22(41-9)40-8-12-7-39-19-15(18(33)31(19)16(12)20(34)35)28-17(32)14(27)10-3-4-13(11(5-10)6-37-2)38-21(36)23(24,25)26/h3-5,14-15,19H,6-8,27H2,1-2H3,(H,28,32)(H,34,35). The van der Waals surface area contributed by atoms with Crippen LogP contribution in [0.3, 0.4) is 0 Å². The van der Waals surface area contributed by atoms with Crippen LogP contribution in [-0.4, -0.2) is 80.2 Å². The monoisotopic (exact) mass is 633 g/mol. The Morgan fingerprint density at radius 3 is 2.66 bits per heavy atom. The normalized spacial score (nSPS) is 19.4. The summed E-state index contributed by atoms with van der Waals surface area (Å²) in [5.41, 5.74) is 6.64. The molecule has 4 rings (SSSR count). The van der Waals surface area contributed by atoms with Crippen molar-refractivity contribution in [1.29, 1.82) is 0 Å². The van der Waals surface area contributed by atoms with Gasteiger partial charge in [-0.25, -0.2) is 9.59 Å². The number of nitrogens with one attached hydrogen (secondary N) is 1. The van der Waals surface area contributed by atoms with E-state index in [1.54, 1.807) is 6.92 Å². The van der Waals surface area contributed by atoms with E-state index in [1.807, 2.05) is 0 Å². The van der Waals surface area contributed by atoms with E-state index in [-0.39, 0.29) is 23.4 Å². The number of halogens is 3. The number of nitrogens with two attached hydrogens (primary N) is 1. The number of ether oxygens (including phenoxy) is 2. The van der Waals surface area contributed by atoms with E-state index < -0.39 is 53.1 Å². The molecule has 1 fully saturated rings. The van der Waals surface area contributed by atoms with Crippen molar-refractivity contribution >= 4 is 58.6 Å². The molecule has 2 aromatic rings. The first kappa shape index (κ1) is 30.8. The number of rotatable bonds is 10. The Morgan fingerprint density at radius 2 is 2.05 bits per heavy atom. The number of benzene rings is 1. The Balaban J connectivity index is 1.44. The molecule has 0 aliphatic carbocycles. The molecular weight excluding hydrogens is 611 g/mol. The Hall–Kier alpha value is -3.19. The second-order valence-electron chi connectivity index (χ2n) is 8.69. The molecule has 1 saturated heterocycles. The van der Waals surface area contributed by atoms with Crippen molar-refractivity contribution in [3.8, 4) is 5.75 Å². The summed E-state index contributed by atoms with van der Waals surface area (Å²) in [4.78, 5) is 50.4. The highest BCUT2D eigenvalue weighted by Crippen LogP contribution is 2.42. The van der Waals surface area contributed by atoms with Crippen molar-refractivity contribution < 1.29 is 46.9 Å². The maximum atomic E-state index is 13.0. The fourth-order valence-electron chi connectivity index (χ4n) is 3.99. The quantitative estimate of drug-likeness (QED) is 0.151. The number of alkyl halides is 3. The molecule has 41 heavy (non-hydrogen) atoms. The number of carbonyl (C=O) groups is 4. The largest absolute Gasteiger partial charge is 0.491 e. The number of fused-ring (bicyclic) bond motifs is 1. The van der Waals surface area contributed by atoms with Crippen molar-refractivity contribution in [2.75, 3.05) is 18.6 Å². The number of carbonyl (C=O) groups excluding carboxylic acids is 3. The van der Waals surface area contributed by atoms with Crippen molar-refractivity contribution in [2.24, 2.45) is 5.73 Å². The maximum Gasteiger partial charge on any atom is 0.491 e. The molecule has 0 radical (unpaired) electrons. The van der Waals surface area contributed by atoms with Crippen molar-refractivity contribution in [3.63, 3.8) is 0 Å². The number of methoxy groups -OCH3 is 1. The SMILES string of the molecule is COCc1cc(C(N)C(=O)NC2C(=O)N3C(C(=O)O)=C(CSc4nnc(C)s4)CSC23)ccc1OC(=O)C(F)(F)F. The van der Waals surface area contributed by atoms with E-state index in [0.717, 1.165) is 16.0 Å². The van der Waals surface area contributed by atoms with E-state index in [9.17, 15) is 37.5 Å². The second kappa shape index (κ2) is 12.4. The van der Waals surface area contributed by atoms with Gasteiger partial charge in [0.2, 0.25) is 5.91 Å². The third kappa shape index (κ3) is 6.66. The van der Waals surface area contributed by atoms with Gasteiger partial charge in [-0.2, -0.15) is 13.2 Å². The smallest absolute Gasteiger partial charge is 0.477 e. The van der Waals surface area contributed by atoms with Gasteiger partial charge in [0.1, 0.15) is 33.9 Å². The molecule has 2 aliphatic rings. The molecule has 4 N–H and O–H groups in total. The molecule has 18 heteroatoms. The number of nitrogens with zero attached hydrogens (tertiary/aromatic N) is 3. The second-order valence-corrected chi connectivity index (χ2v) is 12.2. The predicted molar refractivity (Wildman–Crippen MR) is 141 cm³/mol. The van der Waals surface area contributed by atoms with Crippen LogP contribution >= 0.6 is 34.9 Å². The topological polar surface area (TPSA) is 174 Å². The zero-order valence-corrected chi connectivity index (χ0v) is 23.7. The van der Waals surface area contributed by atoms with Crippen molar-refractivity contribution in [3.05, 3.63) is 45.6 Å². The molecule has 2 amide bonds. The van der Waals surface area contributed by atoms with Crippen LogP contribution in [0.25, 0.3) is 0 Å². The minimum Gasteiger partial charge on any atom is -0.477 e. The van der Waals surface area contributed by atoms with Crippen LogP contribution in [0.2, 0.25) is 0 Å². The lowest BCUT2D eigenvalue weighted by molar-refractivity contribution is -0.189. The predicted octanol–water partition coefficient (Wildman–Crippen LogP) is 1.99. The lowest BCUT2D eigenvalue weighted by atomic mass is 10.0. The highest BCUT2D eigenvalue weighted by molar-refractivity contribution is 8.01. The Morgan fingerprint density at radius 1 is 1.32 bits per heavy atom. The first-order valence-corrected chi connectivity index (χ1v) is 14.5. The van der Waals surface area contributed by atoms with Gasteiger partial charge in [-0.15, -0.1) is 22.0 Å². The fraction of sp³-hybridized carbons (Fsp3) is 0.391. The van der Waals surface area contributed by atoms with Crippen LogP contribution in [0, 0.1) is 6.92 Å². The summed E-state index contributed by atoms with van der Waals surface area (Å²) in [5, 5.41) is 20.4. The number of hydrogen-bond donors (Lipinski definition) is 3. The zero-order chi connectivity index (χ0) is 30.1. The number of esters is 1. The van der Waals surface area contributed by atoms with Crippen molar-refractivity contribution in [2.45, 2.75) is 41.5 Å². The van der Waals surface area contributed by atoms with Gasteiger partial charge in [-0.05, 0) is 30.2 Å². The molecule has 0 spiro atoms. The summed E-state index contributed by atoms with van der Waals surface area (Å²) >= 11 is 3.97. The Kier molecular flexibility index (Phi) is 9.27. The van der Waals surface area contributed by atoms with Crippen LogP contribution < -0.4 is 15.8 Å². The van der Waals surface area contributed by atoms with Gasteiger partial charge in [0.25, 0.3) is 5.91 Å². The molecule has 12 nitrogen and oxygen atoms in total. The van der Waals surface area contributed by atoms with Gasteiger partial charge in [0, 0.05) is 24.2 Å². The highest BCUT2D eigenvalue weighted by Gasteiger charge is 2.54. The van der Waals surface area contributed by atoms with Gasteiger partial charge >= 0.3 is 18.1 Å². The Bertz CT molecular complexity index is 1420. The number of amides is 2.